The highest BCUT2D eigenvalue weighted by Crippen LogP contribution is 2.33. The normalized spacial score (nSPS) is 11.2. The molecule has 11 heteroatoms. The van der Waals surface area contributed by atoms with Crippen molar-refractivity contribution in [3.05, 3.63) is 96.7 Å². The smallest absolute Gasteiger partial charge is 0.323 e. The molecule has 0 radical (unpaired) electrons. The van der Waals surface area contributed by atoms with Crippen LogP contribution in [-0.2, 0) is 0 Å². The standard InChI is InChI=1S/C30H28FN7O3/c1-30(2,3)37-28(39)24-16-38-26(27(32)33-17-34-38)25(24)18-7-11-20(12-8-18)35-29(40)36-21-5-4-6-23(15-21)41-22-13-9-19(31)10-14-22/h4-17H,1-3H3,(H,37,39)(H2,32,33,34)(H2,35,36,40). The number of hydrogen-bond acceptors (Lipinski definition) is 6. The van der Waals surface area contributed by atoms with Gasteiger partial charge in [0, 0.05) is 34.7 Å². The molecular formula is C30H28FN7O3. The molecule has 0 aliphatic carbocycles. The average molecular weight is 554 g/mol. The summed E-state index contributed by atoms with van der Waals surface area (Å²) in [4.78, 5) is 30.0. The van der Waals surface area contributed by atoms with Crippen LogP contribution >= 0.6 is 0 Å². The van der Waals surface area contributed by atoms with Gasteiger partial charge in [-0.05, 0) is 74.9 Å². The number of hydrogen-bond donors (Lipinski definition) is 4. The lowest BCUT2D eigenvalue weighted by atomic mass is 10.0. The summed E-state index contributed by atoms with van der Waals surface area (Å²) in [5.41, 5.74) is 8.93. The maximum Gasteiger partial charge on any atom is 0.323 e. The predicted molar refractivity (Wildman–Crippen MR) is 156 cm³/mol. The van der Waals surface area contributed by atoms with Crippen LogP contribution in [0.5, 0.6) is 11.5 Å². The number of halogens is 1. The topological polar surface area (TPSA) is 136 Å². The third-order valence-corrected chi connectivity index (χ3v) is 5.91. The van der Waals surface area contributed by atoms with Gasteiger partial charge in [0.05, 0.1) is 5.56 Å². The lowest BCUT2D eigenvalue weighted by molar-refractivity contribution is 0.0920. The van der Waals surface area contributed by atoms with E-state index in [1.165, 1.54) is 35.1 Å². The van der Waals surface area contributed by atoms with Crippen LogP contribution in [0.25, 0.3) is 16.6 Å². The number of aromatic nitrogens is 3. The van der Waals surface area contributed by atoms with Gasteiger partial charge in [-0.2, -0.15) is 5.10 Å². The van der Waals surface area contributed by atoms with E-state index in [1.54, 1.807) is 54.7 Å². The first-order chi connectivity index (χ1) is 19.6. The van der Waals surface area contributed by atoms with Gasteiger partial charge in [-0.1, -0.05) is 18.2 Å². The summed E-state index contributed by atoms with van der Waals surface area (Å²) in [5, 5.41) is 12.7. The number of carbonyl (C=O) groups excluding carboxylic acids is 2. The zero-order chi connectivity index (χ0) is 29.1. The van der Waals surface area contributed by atoms with Crippen LogP contribution in [0.1, 0.15) is 31.1 Å². The first-order valence-corrected chi connectivity index (χ1v) is 12.7. The first kappa shape index (κ1) is 27.1. The fourth-order valence-electron chi connectivity index (χ4n) is 4.20. The fraction of sp³-hybridized carbons (Fsp3) is 0.133. The number of nitrogens with zero attached hydrogens (tertiary/aromatic N) is 3. The number of fused-ring (bicyclic) bond motifs is 1. The molecule has 0 spiro atoms. The van der Waals surface area contributed by atoms with E-state index in [4.69, 9.17) is 10.5 Å². The van der Waals surface area contributed by atoms with Gasteiger partial charge in [0.2, 0.25) is 0 Å². The van der Waals surface area contributed by atoms with E-state index < -0.39 is 11.6 Å². The lowest BCUT2D eigenvalue weighted by Gasteiger charge is -2.20. The number of nitrogens with two attached hydrogens (primary N) is 1. The number of nitrogen functional groups attached to an aromatic ring is 1. The molecule has 0 fully saturated rings. The van der Waals surface area contributed by atoms with Gasteiger partial charge in [-0.3, -0.25) is 4.79 Å². The second kappa shape index (κ2) is 11.0. The molecule has 0 saturated carbocycles. The monoisotopic (exact) mass is 553 g/mol. The maximum absolute atomic E-state index is 13.2. The molecule has 0 saturated heterocycles. The number of ether oxygens (including phenoxy) is 1. The third-order valence-electron chi connectivity index (χ3n) is 5.91. The minimum Gasteiger partial charge on any atom is -0.457 e. The molecule has 5 aromatic rings. The fourth-order valence-corrected chi connectivity index (χ4v) is 4.20. The van der Waals surface area contributed by atoms with Crippen molar-refractivity contribution < 1.29 is 18.7 Å². The van der Waals surface area contributed by atoms with E-state index in [2.05, 4.69) is 26.0 Å². The minimum absolute atomic E-state index is 0.233. The van der Waals surface area contributed by atoms with Gasteiger partial charge < -0.3 is 26.4 Å². The van der Waals surface area contributed by atoms with E-state index >= 15 is 0 Å². The maximum atomic E-state index is 13.2. The van der Waals surface area contributed by atoms with Gasteiger partial charge in [0.1, 0.15) is 29.2 Å². The van der Waals surface area contributed by atoms with E-state index in [1.807, 2.05) is 20.8 Å². The summed E-state index contributed by atoms with van der Waals surface area (Å²) in [5.74, 6) is 0.551. The van der Waals surface area contributed by atoms with Crippen LogP contribution in [0.2, 0.25) is 0 Å². The van der Waals surface area contributed by atoms with Crippen molar-refractivity contribution in [3.8, 4) is 22.6 Å². The largest absolute Gasteiger partial charge is 0.457 e. The summed E-state index contributed by atoms with van der Waals surface area (Å²) in [6, 6.07) is 19.0. The van der Waals surface area contributed by atoms with E-state index in [0.717, 1.165) is 0 Å². The predicted octanol–water partition coefficient (Wildman–Crippen LogP) is 6.08. The van der Waals surface area contributed by atoms with Crippen LogP contribution in [-0.4, -0.2) is 32.1 Å². The highest BCUT2D eigenvalue weighted by atomic mass is 19.1. The summed E-state index contributed by atoms with van der Waals surface area (Å²) < 4.78 is 20.4. The molecule has 208 valence electrons. The second-order valence-corrected chi connectivity index (χ2v) is 10.3. The van der Waals surface area contributed by atoms with Crippen molar-refractivity contribution in [2.24, 2.45) is 0 Å². The van der Waals surface area contributed by atoms with Gasteiger partial charge in [0.25, 0.3) is 5.91 Å². The van der Waals surface area contributed by atoms with E-state index in [9.17, 15) is 14.0 Å². The zero-order valence-electron chi connectivity index (χ0n) is 22.6. The van der Waals surface area contributed by atoms with Gasteiger partial charge in [-0.15, -0.1) is 0 Å². The first-order valence-electron chi connectivity index (χ1n) is 12.7. The summed E-state index contributed by atoms with van der Waals surface area (Å²) >= 11 is 0. The molecule has 10 nitrogen and oxygen atoms in total. The molecule has 0 unspecified atom stereocenters. The number of anilines is 3. The van der Waals surface area contributed by atoms with Crippen molar-refractivity contribution in [1.29, 1.82) is 0 Å². The third kappa shape index (κ3) is 6.41. The Morgan fingerprint density at radius 1 is 0.927 bits per heavy atom. The van der Waals surface area contributed by atoms with Crippen molar-refractivity contribution in [1.82, 2.24) is 19.9 Å². The second-order valence-electron chi connectivity index (χ2n) is 10.3. The van der Waals surface area contributed by atoms with E-state index in [-0.39, 0.29) is 17.5 Å². The quantitative estimate of drug-likeness (QED) is 0.201. The van der Waals surface area contributed by atoms with Crippen molar-refractivity contribution in [2.75, 3.05) is 16.4 Å². The Labute approximate surface area is 235 Å². The Morgan fingerprint density at radius 2 is 1.63 bits per heavy atom. The number of nitrogens with one attached hydrogen (secondary N) is 3. The molecule has 0 aliphatic rings. The molecule has 3 amide bonds. The molecule has 0 atom stereocenters. The molecule has 5 N–H and O–H groups in total. The Balaban J connectivity index is 1.32. The number of amides is 3. The summed E-state index contributed by atoms with van der Waals surface area (Å²) in [6.07, 6.45) is 2.95. The van der Waals surface area contributed by atoms with Crippen LogP contribution in [0, 0.1) is 5.82 Å². The summed E-state index contributed by atoms with van der Waals surface area (Å²) in [7, 11) is 0. The highest BCUT2D eigenvalue weighted by molar-refractivity contribution is 6.07. The number of rotatable bonds is 6. The molecule has 0 aliphatic heterocycles. The Kier molecular flexibility index (Phi) is 7.26. The Hall–Kier alpha value is -5.45. The van der Waals surface area contributed by atoms with Crippen LogP contribution in [0.4, 0.5) is 26.4 Å². The molecule has 2 heterocycles. The van der Waals surface area contributed by atoms with E-state index in [0.29, 0.717) is 45.1 Å². The highest BCUT2D eigenvalue weighted by Gasteiger charge is 2.24. The van der Waals surface area contributed by atoms with Gasteiger partial charge in [0.15, 0.2) is 5.82 Å². The molecular weight excluding hydrogens is 525 g/mol. The van der Waals surface area contributed by atoms with Crippen LogP contribution in [0.15, 0.2) is 85.3 Å². The number of urea groups is 1. The van der Waals surface area contributed by atoms with Crippen LogP contribution in [0.3, 0.4) is 0 Å². The number of benzene rings is 3. The molecule has 5 rings (SSSR count). The summed E-state index contributed by atoms with van der Waals surface area (Å²) in [6.45, 7) is 5.69. The van der Waals surface area contributed by atoms with Crippen molar-refractivity contribution >= 4 is 34.6 Å². The van der Waals surface area contributed by atoms with Crippen molar-refractivity contribution in [3.63, 3.8) is 0 Å². The van der Waals surface area contributed by atoms with Crippen LogP contribution < -0.4 is 26.4 Å². The Morgan fingerprint density at radius 3 is 2.34 bits per heavy atom. The zero-order valence-corrected chi connectivity index (χ0v) is 22.6. The SMILES string of the molecule is CC(C)(C)NC(=O)c1cn2ncnc(N)c2c1-c1ccc(NC(=O)Nc2cccc(Oc3ccc(F)cc3)c2)cc1. The van der Waals surface area contributed by atoms with Gasteiger partial charge in [-0.25, -0.2) is 18.7 Å². The molecule has 0 bridgehead atoms. The molecule has 41 heavy (non-hydrogen) atoms. The molecule has 2 aromatic heterocycles. The molecule has 3 aromatic carbocycles. The number of carbonyl (C=O) groups is 2. The van der Waals surface area contributed by atoms with Gasteiger partial charge >= 0.3 is 6.03 Å². The lowest BCUT2D eigenvalue weighted by Crippen LogP contribution is -2.40. The average Bonchev–Trinajstić information content (AvgIpc) is 3.31. The minimum atomic E-state index is -0.464. The van der Waals surface area contributed by atoms with Crippen molar-refractivity contribution in [2.45, 2.75) is 26.3 Å². The Bertz CT molecular complexity index is 1730.